The van der Waals surface area contributed by atoms with Crippen LogP contribution in [0.15, 0.2) is 0 Å². The van der Waals surface area contributed by atoms with Crippen LogP contribution in [-0.4, -0.2) is 111 Å². The van der Waals surface area contributed by atoms with Gasteiger partial charge in [0.1, 0.15) is 19.3 Å². The molecule has 420 valence electrons. The molecule has 6 unspecified atom stereocenters. The van der Waals surface area contributed by atoms with Crippen molar-refractivity contribution >= 4 is 41.8 Å². The minimum absolute atomic E-state index is 0.00363. The lowest BCUT2D eigenvalue weighted by atomic mass is 9.87. The fraction of sp³-hybridized carbons (Fsp3) is 0.877. The minimum atomic E-state index is -1.22. The number of unbranched alkanes of at least 4 members (excludes halogenated alkanes) is 12. The summed E-state index contributed by atoms with van der Waals surface area (Å²) in [5.74, 6) is -7.88. The average Bonchev–Trinajstić information content (AvgIpc) is 3.34. The summed E-state index contributed by atoms with van der Waals surface area (Å²) in [5.41, 5.74) is 0. The van der Waals surface area contributed by atoms with Gasteiger partial charge in [-0.15, -0.1) is 0 Å². The number of carbonyl (C=O) groups excluding carboxylic acids is 6. The number of ether oxygens (including phenoxy) is 6. The van der Waals surface area contributed by atoms with E-state index in [2.05, 4.69) is 27.7 Å². The maximum atomic E-state index is 14.9. The predicted molar refractivity (Wildman–Crippen MR) is 281 cm³/mol. The van der Waals surface area contributed by atoms with Gasteiger partial charge in [-0.3, -0.25) is 33.6 Å². The first-order chi connectivity index (χ1) is 34.4. The van der Waals surface area contributed by atoms with Gasteiger partial charge in [-0.25, -0.2) is 0 Å². The number of carboxylic acids is 1. The SMILES string of the molecule is CCCCCCC(C)C(=O)OCC(COC(=O)C(C)CCCCCC)OC(=O)C(CCC(CCCC(=O)O)OC(=O)CCCN(C)C)C(COC(=O)C(C)CCCCCC)COC(=O)C(C)CCCCCC. The molecule has 0 amide bonds. The number of rotatable bonds is 47. The molecule has 72 heavy (non-hydrogen) atoms. The maximum absolute atomic E-state index is 14.9. The summed E-state index contributed by atoms with van der Waals surface area (Å²) in [6.45, 7) is 14.9. The van der Waals surface area contributed by atoms with Gasteiger partial charge in [0, 0.05) is 18.8 Å². The van der Waals surface area contributed by atoms with Crippen LogP contribution in [0, 0.1) is 35.5 Å². The second-order valence-corrected chi connectivity index (χ2v) is 20.8. The van der Waals surface area contributed by atoms with Crippen molar-refractivity contribution in [1.29, 1.82) is 0 Å². The highest BCUT2D eigenvalue weighted by Crippen LogP contribution is 2.28. The zero-order valence-corrected chi connectivity index (χ0v) is 46.9. The largest absolute Gasteiger partial charge is 0.481 e. The van der Waals surface area contributed by atoms with Crippen molar-refractivity contribution in [2.45, 2.75) is 241 Å². The third-order valence-electron chi connectivity index (χ3n) is 13.4. The molecule has 0 spiro atoms. The van der Waals surface area contributed by atoms with E-state index in [4.69, 9.17) is 28.4 Å². The number of esters is 6. The number of aliphatic carboxylic acids is 1. The molecule has 1 N–H and O–H groups in total. The number of hydrogen-bond donors (Lipinski definition) is 1. The Labute approximate surface area is 436 Å². The van der Waals surface area contributed by atoms with E-state index < -0.39 is 103 Å². The summed E-state index contributed by atoms with van der Waals surface area (Å²) < 4.78 is 35.5. The topological polar surface area (TPSA) is 198 Å². The summed E-state index contributed by atoms with van der Waals surface area (Å²) in [6.07, 6.45) is 17.3. The Hall–Kier alpha value is -3.75. The highest BCUT2D eigenvalue weighted by atomic mass is 16.6. The highest BCUT2D eigenvalue weighted by molar-refractivity contribution is 5.75. The molecule has 0 saturated carbocycles. The molecular formula is C57H103NO14. The van der Waals surface area contributed by atoms with Crippen molar-refractivity contribution in [2.75, 3.05) is 47.1 Å². The van der Waals surface area contributed by atoms with Gasteiger partial charge < -0.3 is 38.4 Å². The molecule has 0 saturated heterocycles. The molecule has 0 rings (SSSR count). The van der Waals surface area contributed by atoms with Crippen LogP contribution in [-0.2, 0) is 62.0 Å². The van der Waals surface area contributed by atoms with E-state index >= 15 is 0 Å². The van der Waals surface area contributed by atoms with Crippen molar-refractivity contribution in [3.05, 3.63) is 0 Å². The van der Waals surface area contributed by atoms with Crippen molar-refractivity contribution < 1.29 is 67.1 Å². The van der Waals surface area contributed by atoms with Crippen LogP contribution in [0.5, 0.6) is 0 Å². The Kier molecular flexibility index (Phi) is 41.4. The molecule has 0 aliphatic heterocycles. The first-order valence-electron chi connectivity index (χ1n) is 28.3. The Balaban J connectivity index is 7.15. The highest BCUT2D eigenvalue weighted by Gasteiger charge is 2.36. The number of hydrogen-bond acceptors (Lipinski definition) is 14. The smallest absolute Gasteiger partial charge is 0.310 e. The van der Waals surface area contributed by atoms with E-state index in [0.29, 0.717) is 38.6 Å². The van der Waals surface area contributed by atoms with Crippen LogP contribution in [0.3, 0.4) is 0 Å². The Morgan fingerprint density at radius 3 is 1.15 bits per heavy atom. The fourth-order valence-corrected chi connectivity index (χ4v) is 8.37. The van der Waals surface area contributed by atoms with Gasteiger partial charge in [-0.2, -0.15) is 0 Å². The van der Waals surface area contributed by atoms with Gasteiger partial charge in [0.2, 0.25) is 0 Å². The number of nitrogens with zero attached hydrogens (tertiary/aromatic N) is 1. The predicted octanol–water partition coefficient (Wildman–Crippen LogP) is 12.0. The molecule has 0 radical (unpaired) electrons. The normalized spacial score (nSPS) is 14.8. The maximum Gasteiger partial charge on any atom is 0.310 e. The molecule has 15 heteroatoms. The average molecular weight is 1030 g/mol. The molecule has 6 atom stereocenters. The van der Waals surface area contributed by atoms with Crippen LogP contribution in [0.25, 0.3) is 0 Å². The summed E-state index contributed by atoms with van der Waals surface area (Å²) in [6, 6.07) is 0. The molecule has 0 fully saturated rings. The van der Waals surface area contributed by atoms with E-state index in [0.717, 1.165) is 103 Å². The zero-order chi connectivity index (χ0) is 54.1. The first kappa shape index (κ1) is 68.2. The quantitative estimate of drug-likeness (QED) is 0.0343. The van der Waals surface area contributed by atoms with Crippen LogP contribution >= 0.6 is 0 Å². The number of carbonyl (C=O) groups is 7. The molecule has 0 aromatic heterocycles. The molecule has 0 aliphatic carbocycles. The van der Waals surface area contributed by atoms with Crippen molar-refractivity contribution in [3.8, 4) is 0 Å². The zero-order valence-electron chi connectivity index (χ0n) is 46.9. The lowest BCUT2D eigenvalue weighted by Crippen LogP contribution is -2.39. The van der Waals surface area contributed by atoms with E-state index in [1.807, 2.05) is 19.0 Å². The van der Waals surface area contributed by atoms with Crippen LogP contribution < -0.4 is 0 Å². The molecule has 0 aromatic carbocycles. The van der Waals surface area contributed by atoms with Gasteiger partial charge in [0.15, 0.2) is 6.10 Å². The van der Waals surface area contributed by atoms with Gasteiger partial charge in [0.25, 0.3) is 0 Å². The standard InChI is InChI=1S/C57H103NO14/c1-11-15-19-23-29-43(5)53(62)67-39-47(40-68-54(63)44(6)30-24-20-16-12-2)50(37-36-48(33-27-34-51(59)60)71-52(61)35-28-38-58(9)10)57(66)72-49(41-69-55(64)45(7)31-25-21-17-13-3)42-70-56(65)46(8)32-26-22-18-14-4/h43-50H,11-42H2,1-10H3,(H,59,60). The van der Waals surface area contributed by atoms with Gasteiger partial charge in [-0.05, 0) is 78.4 Å². The second-order valence-electron chi connectivity index (χ2n) is 20.8. The van der Waals surface area contributed by atoms with Gasteiger partial charge >= 0.3 is 41.8 Å². The van der Waals surface area contributed by atoms with E-state index in [1.165, 1.54) is 0 Å². The molecular weight excluding hydrogens is 923 g/mol. The summed E-state index contributed by atoms with van der Waals surface area (Å²) in [4.78, 5) is 95.3. The first-order valence-corrected chi connectivity index (χ1v) is 28.3. The van der Waals surface area contributed by atoms with Crippen molar-refractivity contribution in [3.63, 3.8) is 0 Å². The van der Waals surface area contributed by atoms with Crippen molar-refractivity contribution in [1.82, 2.24) is 4.90 Å². The molecule has 15 nitrogen and oxygen atoms in total. The lowest BCUT2D eigenvalue weighted by molar-refractivity contribution is -0.176. The van der Waals surface area contributed by atoms with Crippen LogP contribution in [0.1, 0.15) is 229 Å². The Morgan fingerprint density at radius 1 is 0.403 bits per heavy atom. The third kappa shape index (κ3) is 35.4. The van der Waals surface area contributed by atoms with Gasteiger partial charge in [-0.1, -0.05) is 158 Å². The van der Waals surface area contributed by atoms with Crippen LogP contribution in [0.4, 0.5) is 0 Å². The van der Waals surface area contributed by atoms with E-state index in [-0.39, 0.29) is 51.7 Å². The summed E-state index contributed by atoms with van der Waals surface area (Å²) in [5, 5.41) is 9.47. The van der Waals surface area contributed by atoms with E-state index in [9.17, 15) is 38.7 Å². The third-order valence-corrected chi connectivity index (χ3v) is 13.4. The molecule has 0 bridgehead atoms. The van der Waals surface area contributed by atoms with E-state index in [1.54, 1.807) is 27.7 Å². The fourth-order valence-electron chi connectivity index (χ4n) is 8.37. The Bertz CT molecular complexity index is 1400. The molecule has 0 aromatic rings. The second kappa shape index (κ2) is 43.6. The minimum Gasteiger partial charge on any atom is -0.481 e. The summed E-state index contributed by atoms with van der Waals surface area (Å²) in [7, 11) is 3.80. The lowest BCUT2D eigenvalue weighted by Gasteiger charge is -2.29. The van der Waals surface area contributed by atoms with Crippen LogP contribution in [0.2, 0.25) is 0 Å². The van der Waals surface area contributed by atoms with Gasteiger partial charge in [0.05, 0.1) is 42.8 Å². The Morgan fingerprint density at radius 2 is 0.792 bits per heavy atom. The molecule has 0 heterocycles. The number of carboxylic acid groups (broad SMARTS) is 1. The molecule has 0 aliphatic rings. The summed E-state index contributed by atoms with van der Waals surface area (Å²) >= 11 is 0. The van der Waals surface area contributed by atoms with Crippen molar-refractivity contribution in [2.24, 2.45) is 35.5 Å². The monoisotopic (exact) mass is 1030 g/mol.